The highest BCUT2D eigenvalue weighted by Crippen LogP contribution is 2.22. The molecule has 108 valence electrons. The van der Waals surface area contributed by atoms with E-state index in [2.05, 4.69) is 5.32 Å². The minimum Gasteiger partial charge on any atom is -0.478 e. The SMILES string of the molecule is NC1COCC1C(=O)Nc1cc(F)c(F)cc1C(=O)O. The van der Waals surface area contributed by atoms with Crippen molar-refractivity contribution in [2.24, 2.45) is 11.7 Å². The molecule has 2 rings (SSSR count). The highest BCUT2D eigenvalue weighted by molar-refractivity contribution is 6.01. The van der Waals surface area contributed by atoms with E-state index in [4.69, 9.17) is 15.6 Å². The Hall–Kier alpha value is -2.06. The molecule has 1 aromatic carbocycles. The molecule has 0 bridgehead atoms. The highest BCUT2D eigenvalue weighted by Gasteiger charge is 2.32. The molecule has 6 nitrogen and oxygen atoms in total. The molecule has 0 spiro atoms. The molecular weight excluding hydrogens is 274 g/mol. The first kappa shape index (κ1) is 14.4. The molecule has 0 aliphatic carbocycles. The number of rotatable bonds is 3. The molecule has 1 amide bonds. The van der Waals surface area contributed by atoms with Crippen LogP contribution >= 0.6 is 0 Å². The van der Waals surface area contributed by atoms with Crippen molar-refractivity contribution in [1.29, 1.82) is 0 Å². The molecule has 2 atom stereocenters. The zero-order chi connectivity index (χ0) is 14.9. The van der Waals surface area contributed by atoms with Crippen molar-refractivity contribution >= 4 is 17.6 Å². The van der Waals surface area contributed by atoms with Crippen LogP contribution in [0.25, 0.3) is 0 Å². The Morgan fingerprint density at radius 2 is 1.95 bits per heavy atom. The number of carbonyl (C=O) groups excluding carboxylic acids is 1. The summed E-state index contributed by atoms with van der Waals surface area (Å²) in [7, 11) is 0. The van der Waals surface area contributed by atoms with Crippen LogP contribution in [0.4, 0.5) is 14.5 Å². The van der Waals surface area contributed by atoms with Gasteiger partial charge in [0.25, 0.3) is 0 Å². The van der Waals surface area contributed by atoms with Gasteiger partial charge in [-0.15, -0.1) is 0 Å². The summed E-state index contributed by atoms with van der Waals surface area (Å²) >= 11 is 0. The number of halogens is 2. The first-order valence-corrected chi connectivity index (χ1v) is 5.76. The quantitative estimate of drug-likeness (QED) is 0.754. The largest absolute Gasteiger partial charge is 0.478 e. The van der Waals surface area contributed by atoms with Gasteiger partial charge in [0, 0.05) is 12.1 Å². The maximum Gasteiger partial charge on any atom is 0.337 e. The summed E-state index contributed by atoms with van der Waals surface area (Å²) in [5.74, 6) is -5.29. The molecule has 1 aliphatic rings. The summed E-state index contributed by atoms with van der Waals surface area (Å²) in [6.07, 6.45) is 0. The molecule has 0 saturated carbocycles. The van der Waals surface area contributed by atoms with E-state index in [-0.39, 0.29) is 18.9 Å². The van der Waals surface area contributed by atoms with Crippen LogP contribution in [0.2, 0.25) is 0 Å². The third-order valence-electron chi connectivity index (χ3n) is 3.01. The lowest BCUT2D eigenvalue weighted by Gasteiger charge is -2.15. The molecule has 20 heavy (non-hydrogen) atoms. The van der Waals surface area contributed by atoms with Crippen molar-refractivity contribution in [1.82, 2.24) is 0 Å². The molecule has 0 radical (unpaired) electrons. The maximum absolute atomic E-state index is 13.2. The number of carboxylic acids is 1. The topological polar surface area (TPSA) is 102 Å². The average molecular weight is 286 g/mol. The van der Waals surface area contributed by atoms with Crippen LogP contribution in [0.3, 0.4) is 0 Å². The highest BCUT2D eigenvalue weighted by atomic mass is 19.2. The molecule has 8 heteroatoms. The van der Waals surface area contributed by atoms with Gasteiger partial charge >= 0.3 is 5.97 Å². The number of hydrogen-bond acceptors (Lipinski definition) is 4. The standard InChI is InChI=1S/C12H12F2N2O4/c13-7-1-5(12(18)19)10(2-8(7)14)16-11(17)6-3-20-4-9(6)15/h1-2,6,9H,3-4,15H2,(H,16,17)(H,18,19). The van der Waals surface area contributed by atoms with Crippen LogP contribution in [-0.2, 0) is 9.53 Å². The summed E-state index contributed by atoms with van der Waals surface area (Å²) in [5, 5.41) is 11.2. The van der Waals surface area contributed by atoms with E-state index in [1.807, 2.05) is 0 Å². The number of nitrogens with two attached hydrogens (primary N) is 1. The Morgan fingerprint density at radius 3 is 2.50 bits per heavy atom. The average Bonchev–Trinajstić information content (AvgIpc) is 2.79. The monoisotopic (exact) mass is 286 g/mol. The predicted molar refractivity (Wildman–Crippen MR) is 64.2 cm³/mol. The lowest BCUT2D eigenvalue weighted by Crippen LogP contribution is -2.37. The second-order valence-electron chi connectivity index (χ2n) is 4.41. The fourth-order valence-electron chi connectivity index (χ4n) is 1.89. The number of nitrogens with one attached hydrogen (secondary N) is 1. The normalized spacial score (nSPS) is 21.8. The fourth-order valence-corrected chi connectivity index (χ4v) is 1.89. The van der Waals surface area contributed by atoms with Crippen LogP contribution in [-0.4, -0.2) is 36.2 Å². The van der Waals surface area contributed by atoms with Gasteiger partial charge in [-0.3, -0.25) is 4.79 Å². The van der Waals surface area contributed by atoms with Crippen LogP contribution in [0, 0.1) is 17.6 Å². The molecule has 1 fully saturated rings. The van der Waals surface area contributed by atoms with Gasteiger partial charge in [0.1, 0.15) is 0 Å². The third kappa shape index (κ3) is 2.75. The summed E-state index contributed by atoms with van der Waals surface area (Å²) in [4.78, 5) is 22.9. The van der Waals surface area contributed by atoms with Crippen molar-refractivity contribution in [3.05, 3.63) is 29.3 Å². The van der Waals surface area contributed by atoms with Crippen molar-refractivity contribution in [2.45, 2.75) is 6.04 Å². The first-order chi connectivity index (χ1) is 9.40. The molecule has 0 aromatic heterocycles. The Labute approximate surface area is 112 Å². The van der Waals surface area contributed by atoms with Gasteiger partial charge in [-0.1, -0.05) is 0 Å². The number of anilines is 1. The van der Waals surface area contributed by atoms with Gasteiger partial charge in [0.15, 0.2) is 11.6 Å². The van der Waals surface area contributed by atoms with Gasteiger partial charge < -0.3 is 20.9 Å². The molecule has 1 aromatic rings. The number of amides is 1. The molecule has 1 saturated heterocycles. The van der Waals surface area contributed by atoms with Crippen LogP contribution in [0.1, 0.15) is 10.4 Å². The minimum atomic E-state index is -1.48. The second kappa shape index (κ2) is 5.51. The smallest absolute Gasteiger partial charge is 0.337 e. The van der Waals surface area contributed by atoms with Gasteiger partial charge in [0.2, 0.25) is 5.91 Å². The summed E-state index contributed by atoms with van der Waals surface area (Å²) in [6, 6.07) is 0.615. The number of hydrogen-bond donors (Lipinski definition) is 3. The van der Waals surface area contributed by atoms with Crippen molar-refractivity contribution < 1.29 is 28.2 Å². The summed E-state index contributed by atoms with van der Waals surface area (Å²) < 4.78 is 31.2. The van der Waals surface area contributed by atoms with Crippen LogP contribution in [0.5, 0.6) is 0 Å². The number of carboxylic acid groups (broad SMARTS) is 1. The van der Waals surface area contributed by atoms with Crippen molar-refractivity contribution in [2.75, 3.05) is 18.5 Å². The van der Waals surface area contributed by atoms with Crippen molar-refractivity contribution in [3.8, 4) is 0 Å². The van der Waals surface area contributed by atoms with Crippen LogP contribution in [0.15, 0.2) is 12.1 Å². The Morgan fingerprint density at radius 1 is 1.30 bits per heavy atom. The number of ether oxygens (including phenoxy) is 1. The molecule has 4 N–H and O–H groups in total. The minimum absolute atomic E-state index is 0.0963. The maximum atomic E-state index is 13.2. The van der Waals surface area contributed by atoms with Gasteiger partial charge in [0.05, 0.1) is 30.4 Å². The van der Waals surface area contributed by atoms with E-state index < -0.39 is 41.0 Å². The lowest BCUT2D eigenvalue weighted by molar-refractivity contribution is -0.120. The van der Waals surface area contributed by atoms with Gasteiger partial charge in [-0.25, -0.2) is 13.6 Å². The zero-order valence-corrected chi connectivity index (χ0v) is 10.2. The molecule has 1 heterocycles. The Balaban J connectivity index is 2.26. The molecular formula is C12H12F2N2O4. The molecule has 2 unspecified atom stereocenters. The van der Waals surface area contributed by atoms with Crippen molar-refractivity contribution in [3.63, 3.8) is 0 Å². The van der Waals surface area contributed by atoms with E-state index in [1.54, 1.807) is 0 Å². The predicted octanol–water partition coefficient (Wildman–Crippen LogP) is 0.575. The van der Waals surface area contributed by atoms with Crippen LogP contribution < -0.4 is 11.1 Å². The number of aromatic carboxylic acids is 1. The second-order valence-corrected chi connectivity index (χ2v) is 4.41. The summed E-state index contributed by atoms with van der Waals surface area (Å²) in [6.45, 7) is 0.306. The van der Waals surface area contributed by atoms with E-state index in [1.165, 1.54) is 0 Å². The Bertz CT molecular complexity index is 565. The lowest BCUT2D eigenvalue weighted by atomic mass is 10.0. The van der Waals surface area contributed by atoms with E-state index in [0.29, 0.717) is 12.1 Å². The summed E-state index contributed by atoms with van der Waals surface area (Å²) in [5.41, 5.74) is 4.79. The number of benzene rings is 1. The number of carbonyl (C=O) groups is 2. The Kier molecular flexibility index (Phi) is 3.96. The van der Waals surface area contributed by atoms with E-state index in [9.17, 15) is 18.4 Å². The molecule has 1 aliphatic heterocycles. The van der Waals surface area contributed by atoms with E-state index in [0.717, 1.165) is 0 Å². The third-order valence-corrected chi connectivity index (χ3v) is 3.01. The fraction of sp³-hybridized carbons (Fsp3) is 0.333. The van der Waals surface area contributed by atoms with Gasteiger partial charge in [-0.05, 0) is 6.07 Å². The first-order valence-electron chi connectivity index (χ1n) is 5.76. The van der Waals surface area contributed by atoms with E-state index >= 15 is 0 Å². The van der Waals surface area contributed by atoms with Gasteiger partial charge in [-0.2, -0.15) is 0 Å². The zero-order valence-electron chi connectivity index (χ0n) is 10.2.